The molecule has 3 N–H and O–H groups in total. The summed E-state index contributed by atoms with van der Waals surface area (Å²) in [5.74, 6) is -0.543. The number of esters is 4. The second-order valence-corrected chi connectivity index (χ2v) is 32.4. The van der Waals surface area contributed by atoms with Gasteiger partial charge in [0.1, 0.15) is 19.3 Å². The van der Waals surface area contributed by atoms with Crippen LogP contribution in [-0.2, 0) is 65.4 Å². The number of aliphatic hydroxyl groups excluding tert-OH is 1. The summed E-state index contributed by atoms with van der Waals surface area (Å²) in [6.45, 7) is 9.64. The maximum atomic E-state index is 13.1. The number of phosphoric acid groups is 2. The van der Waals surface area contributed by atoms with E-state index in [-0.39, 0.29) is 25.7 Å². The molecule has 0 saturated carbocycles. The molecular formula is C80H156O17P2. The minimum Gasteiger partial charge on any atom is -0.462 e. The molecule has 0 heterocycles. The molecule has 0 aliphatic carbocycles. The number of ether oxygens (including phenoxy) is 4. The van der Waals surface area contributed by atoms with Gasteiger partial charge in [-0.15, -0.1) is 0 Å². The monoisotopic (exact) mass is 1450 g/mol. The summed E-state index contributed by atoms with van der Waals surface area (Å²) in [5, 5.41) is 10.6. The summed E-state index contributed by atoms with van der Waals surface area (Å²) in [7, 11) is -9.92. The van der Waals surface area contributed by atoms with Crippen molar-refractivity contribution in [3.8, 4) is 0 Å². The Labute approximate surface area is 607 Å². The van der Waals surface area contributed by atoms with Gasteiger partial charge in [-0.2, -0.15) is 0 Å². The van der Waals surface area contributed by atoms with E-state index in [2.05, 4.69) is 41.5 Å². The van der Waals surface area contributed by atoms with Gasteiger partial charge in [-0.3, -0.25) is 37.3 Å². The minimum atomic E-state index is -4.96. The maximum absolute atomic E-state index is 13.1. The Morgan fingerprint density at radius 3 is 0.768 bits per heavy atom. The Hall–Kier alpha value is -1.94. The fourth-order valence-electron chi connectivity index (χ4n) is 12.3. The predicted octanol–water partition coefficient (Wildman–Crippen LogP) is 23.9. The first-order chi connectivity index (χ1) is 47.9. The Morgan fingerprint density at radius 2 is 0.515 bits per heavy atom. The molecule has 6 atom stereocenters. The van der Waals surface area contributed by atoms with Crippen molar-refractivity contribution < 1.29 is 80.2 Å². The molecule has 0 saturated heterocycles. The molecule has 0 bridgehead atoms. The number of hydrogen-bond donors (Lipinski definition) is 3. The SMILES string of the molecule is CCCCCCCCCCCCCCCCCCCCCC(=O)O[C@H](COC(=O)CCCCCCCCCCCCCCCCC(C)CC)COP(=O)(O)OC[C@@H](O)COP(=O)(O)OC[C@@H](COC(=O)CCCCCCCCCCCCC)OC(=O)CCCCCCCCCCC(C)C. The van der Waals surface area contributed by atoms with Gasteiger partial charge >= 0.3 is 39.5 Å². The van der Waals surface area contributed by atoms with Crippen LogP contribution in [0.2, 0.25) is 0 Å². The highest BCUT2D eigenvalue weighted by Crippen LogP contribution is 2.45. The summed E-state index contributed by atoms with van der Waals surface area (Å²) in [6.07, 6.45) is 61.0. The predicted molar refractivity (Wildman–Crippen MR) is 405 cm³/mol. The molecule has 0 fully saturated rings. The molecule has 3 unspecified atom stereocenters. The Bertz CT molecular complexity index is 1910. The van der Waals surface area contributed by atoms with Gasteiger partial charge in [0, 0.05) is 25.7 Å². The lowest BCUT2D eigenvalue weighted by molar-refractivity contribution is -0.161. The number of aliphatic hydroxyl groups is 1. The minimum absolute atomic E-state index is 0.105. The van der Waals surface area contributed by atoms with Crippen molar-refractivity contribution in [2.75, 3.05) is 39.6 Å². The van der Waals surface area contributed by atoms with Gasteiger partial charge in [-0.1, -0.05) is 369 Å². The van der Waals surface area contributed by atoms with E-state index in [1.54, 1.807) is 0 Å². The van der Waals surface area contributed by atoms with Crippen molar-refractivity contribution >= 4 is 39.5 Å². The standard InChI is InChI=1S/C80H156O17P2/c1-7-10-12-14-16-18-20-21-22-23-24-25-26-31-35-39-46-52-58-64-79(84)96-75(68-91-78(83)63-57-51-45-38-34-30-28-27-29-33-36-43-49-55-61-73(6)9-3)70-94-98(86,87)92-66-74(81)67-93-99(88,89)95-71-76(97-80(85)65-59-53-47-41-40-42-48-54-60-72(4)5)69-90-77(82)62-56-50-44-37-32-19-17-15-13-11-8-2/h72-76,81H,7-71H2,1-6H3,(H,86,87)(H,88,89)/t73?,74-,75-,76-/m1/s1. The van der Waals surface area contributed by atoms with E-state index in [0.717, 1.165) is 102 Å². The van der Waals surface area contributed by atoms with E-state index in [1.165, 1.54) is 238 Å². The first-order valence-electron chi connectivity index (χ1n) is 41.5. The number of phosphoric ester groups is 2. The zero-order valence-corrected chi connectivity index (χ0v) is 66.6. The van der Waals surface area contributed by atoms with E-state index in [1.807, 2.05) is 0 Å². The molecule has 19 heteroatoms. The number of hydrogen-bond acceptors (Lipinski definition) is 15. The number of rotatable bonds is 79. The van der Waals surface area contributed by atoms with Crippen molar-refractivity contribution in [1.82, 2.24) is 0 Å². The molecule has 17 nitrogen and oxygen atoms in total. The van der Waals surface area contributed by atoms with Gasteiger partial charge in [0.15, 0.2) is 12.2 Å². The summed E-state index contributed by atoms with van der Waals surface area (Å²) >= 11 is 0. The van der Waals surface area contributed by atoms with Crippen LogP contribution in [0, 0.1) is 11.8 Å². The van der Waals surface area contributed by atoms with Crippen LogP contribution in [0.25, 0.3) is 0 Å². The third-order valence-corrected chi connectivity index (χ3v) is 21.0. The molecular weight excluding hydrogens is 1290 g/mol. The molecule has 0 aliphatic heterocycles. The van der Waals surface area contributed by atoms with Gasteiger partial charge in [0.05, 0.1) is 26.4 Å². The first-order valence-corrected chi connectivity index (χ1v) is 44.5. The topological polar surface area (TPSA) is 237 Å². The second-order valence-electron chi connectivity index (χ2n) is 29.5. The third-order valence-electron chi connectivity index (χ3n) is 19.1. The van der Waals surface area contributed by atoms with Gasteiger partial charge in [0.25, 0.3) is 0 Å². The first kappa shape index (κ1) is 97.1. The highest BCUT2D eigenvalue weighted by Gasteiger charge is 2.30. The molecule has 0 rings (SSSR count). The third kappa shape index (κ3) is 72.8. The van der Waals surface area contributed by atoms with Gasteiger partial charge in [-0.25, -0.2) is 9.13 Å². The van der Waals surface area contributed by atoms with E-state index < -0.39 is 97.5 Å². The smallest absolute Gasteiger partial charge is 0.462 e. The number of unbranched alkanes of at least 4 members (excludes halogenated alkanes) is 48. The van der Waals surface area contributed by atoms with Crippen LogP contribution in [0.5, 0.6) is 0 Å². The average molecular weight is 1450 g/mol. The fourth-order valence-corrected chi connectivity index (χ4v) is 13.9. The van der Waals surface area contributed by atoms with Crippen LogP contribution in [-0.4, -0.2) is 96.7 Å². The molecule has 0 aliphatic rings. The molecule has 0 radical (unpaired) electrons. The molecule has 0 spiro atoms. The molecule has 0 aromatic carbocycles. The quantitative estimate of drug-likeness (QED) is 0.0222. The molecule has 0 aromatic rings. The normalized spacial score (nSPS) is 14.2. The van der Waals surface area contributed by atoms with Crippen LogP contribution in [0.15, 0.2) is 0 Å². The van der Waals surface area contributed by atoms with Crippen LogP contribution >= 0.6 is 15.6 Å². The molecule has 588 valence electrons. The zero-order chi connectivity index (χ0) is 72.8. The van der Waals surface area contributed by atoms with E-state index in [4.69, 9.17) is 37.0 Å². The van der Waals surface area contributed by atoms with E-state index >= 15 is 0 Å². The summed E-state index contributed by atoms with van der Waals surface area (Å²) in [5.41, 5.74) is 0. The van der Waals surface area contributed by atoms with Crippen LogP contribution in [0.4, 0.5) is 0 Å². The lowest BCUT2D eigenvalue weighted by Gasteiger charge is -2.21. The lowest BCUT2D eigenvalue weighted by atomic mass is 9.99. The van der Waals surface area contributed by atoms with E-state index in [9.17, 15) is 43.2 Å². The van der Waals surface area contributed by atoms with Crippen molar-refractivity contribution in [2.45, 2.75) is 439 Å². The molecule has 0 amide bonds. The summed E-state index contributed by atoms with van der Waals surface area (Å²) < 4.78 is 68.7. The van der Waals surface area contributed by atoms with E-state index in [0.29, 0.717) is 25.7 Å². The zero-order valence-electron chi connectivity index (χ0n) is 64.8. The number of carbonyl (C=O) groups excluding carboxylic acids is 4. The van der Waals surface area contributed by atoms with Crippen LogP contribution in [0.3, 0.4) is 0 Å². The highest BCUT2D eigenvalue weighted by atomic mass is 31.2. The molecule has 99 heavy (non-hydrogen) atoms. The lowest BCUT2D eigenvalue weighted by Crippen LogP contribution is -2.30. The Kier molecular flexibility index (Phi) is 70.3. The average Bonchev–Trinajstić information content (AvgIpc) is 1.02. The molecule has 0 aromatic heterocycles. The Morgan fingerprint density at radius 1 is 0.293 bits per heavy atom. The second kappa shape index (κ2) is 71.7. The van der Waals surface area contributed by atoms with Gasteiger partial charge in [0.2, 0.25) is 0 Å². The van der Waals surface area contributed by atoms with Crippen molar-refractivity contribution in [2.24, 2.45) is 11.8 Å². The fraction of sp³-hybridized carbons (Fsp3) is 0.950. The summed E-state index contributed by atoms with van der Waals surface area (Å²) in [6, 6.07) is 0. The highest BCUT2D eigenvalue weighted by molar-refractivity contribution is 7.47. The largest absolute Gasteiger partial charge is 0.472 e. The van der Waals surface area contributed by atoms with Gasteiger partial charge in [-0.05, 0) is 37.5 Å². The summed E-state index contributed by atoms with van der Waals surface area (Å²) in [4.78, 5) is 72.9. The number of carbonyl (C=O) groups is 4. The van der Waals surface area contributed by atoms with Crippen LogP contribution in [0.1, 0.15) is 420 Å². The van der Waals surface area contributed by atoms with Gasteiger partial charge < -0.3 is 33.8 Å². The van der Waals surface area contributed by atoms with Crippen LogP contribution < -0.4 is 0 Å². The van der Waals surface area contributed by atoms with Crippen molar-refractivity contribution in [3.05, 3.63) is 0 Å². The van der Waals surface area contributed by atoms with Crippen molar-refractivity contribution in [1.29, 1.82) is 0 Å². The Balaban J connectivity index is 5.23. The van der Waals surface area contributed by atoms with Crippen molar-refractivity contribution in [3.63, 3.8) is 0 Å². The maximum Gasteiger partial charge on any atom is 0.472 e.